The van der Waals surface area contributed by atoms with Gasteiger partial charge in [0.1, 0.15) is 0 Å². The Hall–Kier alpha value is -11.9. The lowest BCUT2D eigenvalue weighted by Crippen LogP contribution is -2.26. The minimum Gasteiger partial charge on any atom is -0.305 e. The van der Waals surface area contributed by atoms with Crippen LogP contribution in [0.15, 0.2) is 303 Å². The third-order valence-electron chi connectivity index (χ3n) is 15.3. The van der Waals surface area contributed by atoms with Crippen LogP contribution in [0, 0.1) is 0 Å². The molecule has 0 saturated carbocycles. The number of aromatic nitrogens is 8. The zero-order valence-electron chi connectivity index (χ0n) is 46.3. The van der Waals surface area contributed by atoms with Gasteiger partial charge in [-0.25, -0.2) is 29.9 Å². The Balaban J connectivity index is 1.09. The molecule has 3 aromatic heterocycles. The van der Waals surface area contributed by atoms with Gasteiger partial charge in [0.05, 0.1) is 45.4 Å². The van der Waals surface area contributed by atoms with E-state index in [4.69, 9.17) is 39.9 Å². The van der Waals surface area contributed by atoms with Gasteiger partial charge in [-0.2, -0.15) is 9.97 Å². The van der Waals surface area contributed by atoms with E-state index < -0.39 is 0 Å². The van der Waals surface area contributed by atoms with E-state index in [1.54, 1.807) is 0 Å². The minimum absolute atomic E-state index is 0.464. The third-order valence-corrected chi connectivity index (χ3v) is 15.3. The Morgan fingerprint density at radius 2 is 0.500 bits per heavy atom. The van der Waals surface area contributed by atoms with Gasteiger partial charge in [0.2, 0.25) is 5.95 Å². The van der Waals surface area contributed by atoms with E-state index in [2.05, 4.69) is 174 Å². The Labute approximate surface area is 497 Å². The molecule has 0 fully saturated rings. The highest BCUT2D eigenvalue weighted by Gasteiger charge is 2.38. The SMILES string of the molecule is c1ccc(-c2cc(-c3ccccc3)nc(-c3c(-c4ccccc4)c(-c4nc(-c5ccccc5)nc(-c5ccccc5)n4)cc(-c4ccccc4)c3N3c4ccccc4N(c4nc(-c5ccccc5)nc(-c5ccccc5)n4)c4ccccc43)n2)cc1. The fourth-order valence-corrected chi connectivity index (χ4v) is 11.3. The van der Waals surface area contributed by atoms with Gasteiger partial charge in [-0.1, -0.05) is 267 Å². The Morgan fingerprint density at radius 1 is 0.198 bits per heavy atom. The smallest absolute Gasteiger partial charge is 0.238 e. The molecular weight excluding hydrogens is 1050 g/mol. The largest absolute Gasteiger partial charge is 0.305 e. The second-order valence-corrected chi connectivity index (χ2v) is 20.7. The molecule has 1 aliphatic heterocycles. The number of anilines is 6. The van der Waals surface area contributed by atoms with Crippen molar-refractivity contribution in [3.8, 4) is 113 Å². The zero-order chi connectivity index (χ0) is 57.2. The first-order chi connectivity index (χ1) is 42.7. The molecule has 0 radical (unpaired) electrons. The van der Waals surface area contributed by atoms with E-state index in [0.717, 1.165) is 107 Å². The van der Waals surface area contributed by atoms with Crippen molar-refractivity contribution < 1.29 is 0 Å². The van der Waals surface area contributed by atoms with Gasteiger partial charge >= 0.3 is 0 Å². The molecule has 86 heavy (non-hydrogen) atoms. The highest BCUT2D eigenvalue weighted by molar-refractivity contribution is 6.11. The van der Waals surface area contributed by atoms with Crippen LogP contribution < -0.4 is 9.80 Å². The van der Waals surface area contributed by atoms with Gasteiger partial charge in [-0.05, 0) is 47.5 Å². The van der Waals surface area contributed by atoms with Crippen LogP contribution in [0.4, 0.5) is 34.4 Å². The van der Waals surface area contributed by atoms with Crippen molar-refractivity contribution in [2.24, 2.45) is 0 Å². The monoisotopic (exact) mass is 1100 g/mol. The quantitative estimate of drug-likeness (QED) is 0.117. The molecule has 10 nitrogen and oxygen atoms in total. The van der Waals surface area contributed by atoms with Crippen molar-refractivity contribution in [1.29, 1.82) is 0 Å². The van der Waals surface area contributed by atoms with Gasteiger partial charge in [0.25, 0.3) is 0 Å². The number of fused-ring (bicyclic) bond motifs is 2. The number of hydrogen-bond donors (Lipinski definition) is 0. The van der Waals surface area contributed by atoms with E-state index in [1.165, 1.54) is 0 Å². The van der Waals surface area contributed by atoms with Crippen LogP contribution in [-0.4, -0.2) is 39.9 Å². The molecular formula is C76H50N10. The van der Waals surface area contributed by atoms with Crippen LogP contribution in [0.25, 0.3) is 113 Å². The molecule has 404 valence electrons. The zero-order valence-corrected chi connectivity index (χ0v) is 46.3. The molecule has 11 aromatic carbocycles. The topological polar surface area (TPSA) is 110 Å². The van der Waals surface area contributed by atoms with Crippen LogP contribution in [0.5, 0.6) is 0 Å². The van der Waals surface area contributed by atoms with Gasteiger partial charge < -0.3 is 4.90 Å². The Bertz CT molecular complexity index is 4510. The molecule has 4 heterocycles. The van der Waals surface area contributed by atoms with Crippen LogP contribution in [0.1, 0.15) is 0 Å². The molecule has 15 rings (SSSR count). The Kier molecular flexibility index (Phi) is 13.3. The summed E-state index contributed by atoms with van der Waals surface area (Å²) in [5, 5.41) is 0. The minimum atomic E-state index is 0.464. The van der Waals surface area contributed by atoms with E-state index in [1.807, 2.05) is 140 Å². The van der Waals surface area contributed by atoms with E-state index in [-0.39, 0.29) is 0 Å². The molecule has 0 amide bonds. The van der Waals surface area contributed by atoms with Crippen molar-refractivity contribution in [2.45, 2.75) is 0 Å². The number of hydrogen-bond acceptors (Lipinski definition) is 10. The summed E-state index contributed by atoms with van der Waals surface area (Å²) in [4.78, 5) is 48.1. The fourth-order valence-electron chi connectivity index (χ4n) is 11.3. The average molecular weight is 1100 g/mol. The summed E-state index contributed by atoms with van der Waals surface area (Å²) < 4.78 is 0. The van der Waals surface area contributed by atoms with Crippen molar-refractivity contribution in [3.63, 3.8) is 0 Å². The summed E-state index contributed by atoms with van der Waals surface area (Å²) in [7, 11) is 0. The lowest BCUT2D eigenvalue weighted by molar-refractivity contribution is 1.01. The first-order valence-electron chi connectivity index (χ1n) is 28.5. The normalized spacial score (nSPS) is 11.7. The first kappa shape index (κ1) is 51.0. The highest BCUT2D eigenvalue weighted by atomic mass is 15.3. The second-order valence-electron chi connectivity index (χ2n) is 20.7. The molecule has 0 atom stereocenters. The van der Waals surface area contributed by atoms with Gasteiger partial charge in [0, 0.05) is 50.1 Å². The molecule has 0 N–H and O–H groups in total. The predicted octanol–water partition coefficient (Wildman–Crippen LogP) is 18.8. The molecule has 0 aliphatic carbocycles. The van der Waals surface area contributed by atoms with E-state index in [9.17, 15) is 0 Å². The maximum Gasteiger partial charge on any atom is 0.238 e. The molecule has 0 spiro atoms. The summed E-state index contributed by atoms with van der Waals surface area (Å²) in [5.41, 5.74) is 16.2. The first-order valence-corrected chi connectivity index (χ1v) is 28.5. The van der Waals surface area contributed by atoms with Gasteiger partial charge in [0.15, 0.2) is 34.9 Å². The summed E-state index contributed by atoms with van der Waals surface area (Å²) >= 11 is 0. The van der Waals surface area contributed by atoms with Crippen LogP contribution in [0.2, 0.25) is 0 Å². The van der Waals surface area contributed by atoms with Crippen LogP contribution in [0.3, 0.4) is 0 Å². The van der Waals surface area contributed by atoms with Crippen molar-refractivity contribution >= 4 is 34.4 Å². The van der Waals surface area contributed by atoms with Gasteiger partial charge in [-0.15, -0.1) is 0 Å². The molecule has 10 heteroatoms. The van der Waals surface area contributed by atoms with Gasteiger partial charge in [-0.3, -0.25) is 4.90 Å². The van der Waals surface area contributed by atoms with Crippen LogP contribution in [-0.2, 0) is 0 Å². The van der Waals surface area contributed by atoms with E-state index >= 15 is 0 Å². The maximum absolute atomic E-state index is 5.76. The van der Waals surface area contributed by atoms with E-state index in [0.29, 0.717) is 40.9 Å². The molecule has 14 aromatic rings. The van der Waals surface area contributed by atoms with Crippen molar-refractivity contribution in [2.75, 3.05) is 9.80 Å². The lowest BCUT2D eigenvalue weighted by Gasteiger charge is -2.41. The van der Waals surface area contributed by atoms with Crippen LogP contribution >= 0.6 is 0 Å². The lowest BCUT2D eigenvalue weighted by atomic mass is 9.85. The second kappa shape index (κ2) is 22.5. The Morgan fingerprint density at radius 3 is 0.884 bits per heavy atom. The third kappa shape index (κ3) is 9.68. The number of para-hydroxylation sites is 4. The average Bonchev–Trinajstić information content (AvgIpc) is 1.05. The number of rotatable bonds is 12. The molecule has 1 aliphatic rings. The number of benzene rings is 11. The summed E-state index contributed by atoms with van der Waals surface area (Å²) in [6.07, 6.45) is 0. The fraction of sp³-hybridized carbons (Fsp3) is 0. The highest BCUT2D eigenvalue weighted by Crippen LogP contribution is 2.59. The van der Waals surface area contributed by atoms with Crippen molar-refractivity contribution in [1.82, 2.24) is 39.9 Å². The molecule has 0 unspecified atom stereocenters. The summed E-state index contributed by atoms with van der Waals surface area (Å²) in [5.74, 6) is 3.62. The molecule has 0 bridgehead atoms. The molecule has 0 saturated heterocycles. The summed E-state index contributed by atoms with van der Waals surface area (Å²) in [6, 6.07) is 103. The maximum atomic E-state index is 5.76. The predicted molar refractivity (Wildman–Crippen MR) is 346 cm³/mol. The number of nitrogens with zero attached hydrogens (tertiary/aromatic N) is 10. The standard InChI is InChI=1S/C76H50N10/c1-9-29-51(30-10-1)59-49-60(74-81-70(55-37-17-5-18-38-55)79-71(82-74)56-39-19-6-20-40-56)67(54-35-15-4-16-36-54)68(75-77-61(52-31-11-2-12-32-52)50-62(78-75)53-33-13-3-14-34-53)69(59)85-63-45-25-27-47-65(63)86(66-48-28-26-46-64(66)85)76-83-72(57-41-21-7-22-42-57)80-73(84-76)58-43-23-8-24-44-58/h1-50H. The summed E-state index contributed by atoms with van der Waals surface area (Å²) in [6.45, 7) is 0. The van der Waals surface area contributed by atoms with Crippen molar-refractivity contribution in [3.05, 3.63) is 303 Å².